The molecule has 8 nitrogen and oxygen atoms in total. The molecular formula is C45H58N2O6. The van der Waals surface area contributed by atoms with Gasteiger partial charge in [0.2, 0.25) is 5.75 Å². The summed E-state index contributed by atoms with van der Waals surface area (Å²) in [5.74, 6) is 1.21. The molecule has 0 saturated heterocycles. The maximum absolute atomic E-state index is 13.5. The summed E-state index contributed by atoms with van der Waals surface area (Å²) < 4.78 is 24.3. The second kappa shape index (κ2) is 22.8. The molecule has 0 heterocycles. The number of hydrogen-bond acceptors (Lipinski definition) is 6. The normalized spacial score (nSPS) is 11.1. The van der Waals surface area contributed by atoms with E-state index in [1.165, 1.54) is 32.1 Å². The number of benzene rings is 4. The van der Waals surface area contributed by atoms with Crippen molar-refractivity contribution in [3.05, 3.63) is 125 Å². The predicted molar refractivity (Wildman–Crippen MR) is 212 cm³/mol. The van der Waals surface area contributed by atoms with Crippen LogP contribution in [0.3, 0.4) is 0 Å². The Morgan fingerprint density at radius 2 is 0.887 bits per heavy atom. The molecule has 0 atom stereocenters. The highest BCUT2D eigenvalue weighted by atomic mass is 16.6. The van der Waals surface area contributed by atoms with E-state index in [0.29, 0.717) is 55.7 Å². The number of ether oxygens (including phenoxy) is 4. The maximum atomic E-state index is 13.5. The Balaban J connectivity index is 1.25. The van der Waals surface area contributed by atoms with E-state index in [1.807, 2.05) is 112 Å². The van der Waals surface area contributed by atoms with Gasteiger partial charge in [0.05, 0.1) is 0 Å². The summed E-state index contributed by atoms with van der Waals surface area (Å²) in [4.78, 5) is 25.2. The molecule has 284 valence electrons. The van der Waals surface area contributed by atoms with Gasteiger partial charge in [-0.05, 0) is 62.4 Å². The lowest BCUT2D eigenvalue weighted by Crippen LogP contribution is -2.32. The fraction of sp³-hybridized carbons (Fsp3) is 0.422. The summed E-state index contributed by atoms with van der Waals surface area (Å²) in [7, 11) is 0. The number of alkyl carbamates (subject to hydrolysis) is 1. The first-order chi connectivity index (χ1) is 25.8. The molecule has 0 aromatic heterocycles. The summed E-state index contributed by atoms with van der Waals surface area (Å²) >= 11 is 0. The number of nitrogens with one attached hydrogen (secondary N) is 2. The average molecular weight is 723 g/mol. The molecular weight excluding hydrogens is 665 g/mol. The van der Waals surface area contributed by atoms with Gasteiger partial charge in [-0.2, -0.15) is 0 Å². The molecule has 4 aromatic rings. The molecule has 0 saturated carbocycles. The highest BCUT2D eigenvalue weighted by Crippen LogP contribution is 2.40. The maximum Gasteiger partial charge on any atom is 0.407 e. The van der Waals surface area contributed by atoms with Crippen LogP contribution in [-0.4, -0.2) is 30.7 Å². The van der Waals surface area contributed by atoms with E-state index in [-0.39, 0.29) is 12.0 Å². The van der Waals surface area contributed by atoms with Crippen LogP contribution < -0.4 is 24.8 Å². The second-order valence-electron chi connectivity index (χ2n) is 14.3. The minimum Gasteiger partial charge on any atom is -0.485 e. The lowest BCUT2D eigenvalue weighted by Gasteiger charge is -2.19. The van der Waals surface area contributed by atoms with E-state index in [2.05, 4.69) is 10.6 Å². The van der Waals surface area contributed by atoms with Crippen molar-refractivity contribution >= 4 is 12.0 Å². The van der Waals surface area contributed by atoms with Crippen LogP contribution in [0, 0.1) is 0 Å². The first-order valence-corrected chi connectivity index (χ1v) is 19.2. The third-order valence-corrected chi connectivity index (χ3v) is 8.54. The Morgan fingerprint density at radius 3 is 1.30 bits per heavy atom. The Bertz CT molecular complexity index is 1560. The Labute approximate surface area is 316 Å². The molecule has 0 unspecified atom stereocenters. The van der Waals surface area contributed by atoms with Gasteiger partial charge in [-0.25, -0.2) is 4.79 Å². The van der Waals surface area contributed by atoms with E-state index in [9.17, 15) is 9.59 Å². The van der Waals surface area contributed by atoms with Crippen LogP contribution >= 0.6 is 0 Å². The Morgan fingerprint density at radius 1 is 0.509 bits per heavy atom. The number of amides is 2. The molecule has 4 aromatic carbocycles. The van der Waals surface area contributed by atoms with E-state index in [4.69, 9.17) is 18.9 Å². The molecule has 0 spiro atoms. The minimum atomic E-state index is -0.462. The Hall–Kier alpha value is -4.98. The van der Waals surface area contributed by atoms with Gasteiger partial charge in [-0.1, -0.05) is 142 Å². The number of unbranched alkanes of at least 4 members (excludes halogenated alkanes) is 9. The summed E-state index contributed by atoms with van der Waals surface area (Å²) in [5.41, 5.74) is 3.03. The van der Waals surface area contributed by atoms with Crippen LogP contribution in [-0.2, 0) is 24.6 Å². The molecule has 53 heavy (non-hydrogen) atoms. The fourth-order valence-electron chi connectivity index (χ4n) is 5.74. The highest BCUT2D eigenvalue weighted by molar-refractivity contribution is 5.95. The molecule has 8 heteroatoms. The van der Waals surface area contributed by atoms with Gasteiger partial charge >= 0.3 is 6.09 Å². The molecule has 0 radical (unpaired) electrons. The zero-order chi connectivity index (χ0) is 37.6. The van der Waals surface area contributed by atoms with Crippen molar-refractivity contribution in [2.75, 3.05) is 13.1 Å². The molecule has 0 fully saturated rings. The van der Waals surface area contributed by atoms with Crippen LogP contribution in [0.2, 0.25) is 0 Å². The molecule has 2 N–H and O–H groups in total. The first-order valence-electron chi connectivity index (χ1n) is 19.2. The number of carbonyl (C=O) groups is 2. The number of hydrogen-bond donors (Lipinski definition) is 2. The van der Waals surface area contributed by atoms with Crippen LogP contribution in [0.25, 0.3) is 0 Å². The van der Waals surface area contributed by atoms with E-state index in [1.54, 1.807) is 12.1 Å². The number of carbonyl (C=O) groups excluding carboxylic acids is 2. The van der Waals surface area contributed by atoms with Gasteiger partial charge in [0.25, 0.3) is 5.91 Å². The topological polar surface area (TPSA) is 95.1 Å². The quantitative estimate of drug-likeness (QED) is 0.0740. The standard InChI is InChI=1S/C45H58N2O6/c1-45(2,3)53-44(49)47-30-22-11-9-7-5-4-6-8-10-21-29-46-43(48)39-31-40(50-33-36-23-15-12-16-24-36)42(52-35-38-27-19-14-20-28-38)41(32-39)51-34-37-25-17-13-18-26-37/h12-20,23-28,31-32H,4-11,21-22,29-30,33-35H2,1-3H3,(H,46,48)(H,47,49). The van der Waals surface area contributed by atoms with Gasteiger partial charge in [-0.3, -0.25) is 4.79 Å². The van der Waals surface area contributed by atoms with Gasteiger partial charge in [0.1, 0.15) is 25.4 Å². The zero-order valence-corrected chi connectivity index (χ0v) is 31.9. The Kier molecular flexibility index (Phi) is 17.6. The molecule has 4 rings (SSSR count). The molecule has 0 aliphatic heterocycles. The molecule has 0 aliphatic rings. The van der Waals surface area contributed by atoms with Crippen molar-refractivity contribution < 1.29 is 28.5 Å². The van der Waals surface area contributed by atoms with Gasteiger partial charge < -0.3 is 29.6 Å². The summed E-state index contributed by atoms with van der Waals surface area (Å²) in [6.45, 7) is 7.83. The van der Waals surface area contributed by atoms with E-state index in [0.717, 1.165) is 48.8 Å². The third-order valence-electron chi connectivity index (χ3n) is 8.54. The summed E-state index contributed by atoms with van der Waals surface area (Å²) in [5, 5.41) is 5.93. The van der Waals surface area contributed by atoms with Gasteiger partial charge in [-0.15, -0.1) is 0 Å². The molecule has 2 amide bonds. The molecule has 0 aliphatic carbocycles. The average Bonchev–Trinajstić information content (AvgIpc) is 3.16. The smallest absolute Gasteiger partial charge is 0.407 e. The second-order valence-corrected chi connectivity index (χ2v) is 14.3. The highest BCUT2D eigenvalue weighted by Gasteiger charge is 2.20. The number of rotatable bonds is 23. The monoisotopic (exact) mass is 722 g/mol. The largest absolute Gasteiger partial charge is 0.485 e. The van der Waals surface area contributed by atoms with Crippen molar-refractivity contribution in [1.29, 1.82) is 0 Å². The van der Waals surface area contributed by atoms with Crippen LogP contribution in [0.1, 0.15) is 112 Å². The van der Waals surface area contributed by atoms with Crippen molar-refractivity contribution in [2.24, 2.45) is 0 Å². The van der Waals surface area contributed by atoms with Gasteiger partial charge in [0.15, 0.2) is 11.5 Å². The molecule has 0 bridgehead atoms. The van der Waals surface area contributed by atoms with E-state index < -0.39 is 5.60 Å². The summed E-state index contributed by atoms with van der Waals surface area (Å²) in [6.07, 6.45) is 10.9. The van der Waals surface area contributed by atoms with Crippen molar-refractivity contribution in [1.82, 2.24) is 10.6 Å². The predicted octanol–water partition coefficient (Wildman–Crippen LogP) is 10.6. The minimum absolute atomic E-state index is 0.171. The fourth-order valence-corrected chi connectivity index (χ4v) is 5.74. The lowest BCUT2D eigenvalue weighted by atomic mass is 10.1. The van der Waals surface area contributed by atoms with Crippen LogP contribution in [0.4, 0.5) is 4.79 Å². The van der Waals surface area contributed by atoms with Gasteiger partial charge in [0, 0.05) is 18.7 Å². The van der Waals surface area contributed by atoms with E-state index >= 15 is 0 Å². The van der Waals surface area contributed by atoms with Crippen LogP contribution in [0.5, 0.6) is 17.2 Å². The van der Waals surface area contributed by atoms with Crippen molar-refractivity contribution in [3.8, 4) is 17.2 Å². The SMILES string of the molecule is CC(C)(C)OC(=O)NCCCCCCCCCCCCNC(=O)c1cc(OCc2ccccc2)c(OCc2ccccc2)c(OCc2ccccc2)c1. The summed E-state index contributed by atoms with van der Waals surface area (Å²) in [6, 6.07) is 33.3. The third kappa shape index (κ3) is 16.5. The van der Waals surface area contributed by atoms with Crippen molar-refractivity contribution in [3.63, 3.8) is 0 Å². The zero-order valence-electron chi connectivity index (χ0n) is 31.9. The lowest BCUT2D eigenvalue weighted by molar-refractivity contribution is 0.0526. The van der Waals surface area contributed by atoms with Crippen molar-refractivity contribution in [2.45, 2.75) is 110 Å². The first kappa shape index (κ1) is 40.8. The van der Waals surface area contributed by atoms with Crippen LogP contribution in [0.15, 0.2) is 103 Å².